The van der Waals surface area contributed by atoms with Crippen molar-refractivity contribution in [2.24, 2.45) is 0 Å². The predicted octanol–water partition coefficient (Wildman–Crippen LogP) is 2.21. The Balaban J connectivity index is 1.52. The first-order valence-corrected chi connectivity index (χ1v) is 12.4. The molecular weight excluding hydrogens is 354 g/mol. The minimum atomic E-state index is -1.93. The fraction of sp³-hybridized carbons (Fsp3) is 0.944. The molecule has 4 rings (SSSR count). The van der Waals surface area contributed by atoms with E-state index in [4.69, 9.17) is 23.4 Å². The second-order valence-corrected chi connectivity index (χ2v) is 14.6. The highest BCUT2D eigenvalue weighted by Gasteiger charge is 2.64. The molecule has 7 nitrogen and oxygen atoms in total. The molecule has 148 valence electrons. The van der Waals surface area contributed by atoms with Crippen LogP contribution in [0.25, 0.3) is 0 Å². The molecule has 0 N–H and O–H groups in total. The predicted molar refractivity (Wildman–Crippen MR) is 95.8 cm³/mol. The molecule has 4 heterocycles. The summed E-state index contributed by atoms with van der Waals surface area (Å²) < 4.78 is 30.6. The zero-order valence-electron chi connectivity index (χ0n) is 16.8. The van der Waals surface area contributed by atoms with Crippen molar-refractivity contribution in [2.75, 3.05) is 6.61 Å². The van der Waals surface area contributed by atoms with E-state index in [2.05, 4.69) is 33.9 Å². The molecule has 4 saturated heterocycles. The van der Waals surface area contributed by atoms with Crippen LogP contribution in [0.5, 0.6) is 0 Å². The summed E-state index contributed by atoms with van der Waals surface area (Å²) in [5.74, 6) is -0.580. The van der Waals surface area contributed by atoms with Crippen LogP contribution in [0.4, 0.5) is 0 Å². The number of nitrogens with zero attached hydrogens (tertiary/aromatic N) is 1. The van der Waals surface area contributed by atoms with Crippen LogP contribution in [0.15, 0.2) is 0 Å². The number of fused-ring (bicyclic) bond motifs is 4. The lowest BCUT2D eigenvalue weighted by molar-refractivity contribution is -0.277. The first-order chi connectivity index (χ1) is 11.9. The highest BCUT2D eigenvalue weighted by atomic mass is 28.4. The van der Waals surface area contributed by atoms with Gasteiger partial charge < -0.3 is 28.3 Å². The Morgan fingerprint density at radius 3 is 2.46 bits per heavy atom. The highest BCUT2D eigenvalue weighted by molar-refractivity contribution is 6.74. The molecule has 8 heteroatoms. The summed E-state index contributed by atoms with van der Waals surface area (Å²) in [5.41, 5.74) is 0. The van der Waals surface area contributed by atoms with Crippen LogP contribution < -0.4 is 0 Å². The van der Waals surface area contributed by atoms with Gasteiger partial charge in [0.25, 0.3) is 0 Å². The summed E-state index contributed by atoms with van der Waals surface area (Å²) in [7, 11) is -1.93. The van der Waals surface area contributed by atoms with Gasteiger partial charge >= 0.3 is 0 Å². The van der Waals surface area contributed by atoms with Gasteiger partial charge in [-0.2, -0.15) is 0 Å². The third-order valence-electron chi connectivity index (χ3n) is 6.45. The van der Waals surface area contributed by atoms with Crippen molar-refractivity contribution >= 4 is 14.2 Å². The van der Waals surface area contributed by atoms with Gasteiger partial charge in [-0.25, -0.2) is 0 Å². The summed E-state index contributed by atoms with van der Waals surface area (Å²) in [6, 6.07) is -0.157. The number of amides is 1. The quantitative estimate of drug-likeness (QED) is 0.548. The van der Waals surface area contributed by atoms with Crippen LogP contribution in [-0.2, 0) is 28.2 Å². The molecule has 0 unspecified atom stereocenters. The molecule has 4 fully saturated rings. The van der Waals surface area contributed by atoms with Crippen LogP contribution in [0.2, 0.25) is 18.1 Å². The molecule has 0 aromatic carbocycles. The SMILES string of the molecule is CC1(C)O[C@H]2O[C@H]3[C@H](O[C@@H]4CC(=O)N4[C@H]3CO[Si](C)(C)C(C)(C)C)[C@H]2O1. The zero-order chi connectivity index (χ0) is 19.1. The van der Waals surface area contributed by atoms with Gasteiger partial charge in [0, 0.05) is 0 Å². The maximum atomic E-state index is 12.2. The van der Waals surface area contributed by atoms with E-state index < -0.39 is 20.4 Å². The minimum absolute atomic E-state index is 0.0973. The standard InChI is InChI=1S/C18H31NO6Si/c1-17(2,3)26(6,7)21-9-10-13-14(22-12-8-11(20)19(10)12)15-16(23-13)25-18(4,5)24-15/h10,12-16H,8-9H2,1-7H3/t10-,12+,13+,14-,15+,16+/m0/s1. The fourth-order valence-corrected chi connectivity index (χ4v) is 4.93. The number of ether oxygens (including phenoxy) is 4. The molecule has 0 radical (unpaired) electrons. The van der Waals surface area contributed by atoms with Gasteiger partial charge in [-0.1, -0.05) is 20.8 Å². The van der Waals surface area contributed by atoms with Gasteiger partial charge in [0.1, 0.15) is 24.5 Å². The van der Waals surface area contributed by atoms with E-state index in [1.54, 1.807) is 4.90 Å². The van der Waals surface area contributed by atoms with Crippen LogP contribution in [0.1, 0.15) is 41.0 Å². The van der Waals surface area contributed by atoms with Crippen molar-refractivity contribution in [3.63, 3.8) is 0 Å². The van der Waals surface area contributed by atoms with Crippen molar-refractivity contribution in [3.05, 3.63) is 0 Å². The van der Waals surface area contributed by atoms with E-state index in [0.29, 0.717) is 13.0 Å². The Bertz CT molecular complexity index is 603. The Kier molecular flexibility index (Phi) is 4.16. The third kappa shape index (κ3) is 2.86. The second kappa shape index (κ2) is 5.75. The number of carbonyl (C=O) groups excluding carboxylic acids is 1. The topological polar surface area (TPSA) is 66.5 Å². The van der Waals surface area contributed by atoms with Crippen molar-refractivity contribution in [1.82, 2.24) is 4.90 Å². The van der Waals surface area contributed by atoms with Crippen molar-refractivity contribution in [1.29, 1.82) is 0 Å². The van der Waals surface area contributed by atoms with Crippen molar-refractivity contribution in [3.8, 4) is 0 Å². The van der Waals surface area contributed by atoms with Gasteiger partial charge in [0.2, 0.25) is 5.91 Å². The molecule has 0 spiro atoms. The van der Waals surface area contributed by atoms with Gasteiger partial charge in [-0.05, 0) is 32.0 Å². The molecule has 4 aliphatic rings. The van der Waals surface area contributed by atoms with E-state index in [1.807, 2.05) is 13.8 Å². The lowest BCUT2D eigenvalue weighted by Crippen LogP contribution is -2.70. The van der Waals surface area contributed by atoms with Gasteiger partial charge in [-0.3, -0.25) is 4.79 Å². The number of carbonyl (C=O) groups is 1. The summed E-state index contributed by atoms with van der Waals surface area (Å²) >= 11 is 0. The molecule has 0 aromatic heterocycles. The maximum Gasteiger partial charge on any atom is 0.229 e. The lowest BCUT2D eigenvalue weighted by Gasteiger charge is -2.53. The second-order valence-electron chi connectivity index (χ2n) is 9.77. The molecule has 0 aromatic rings. The first kappa shape index (κ1) is 18.8. The fourth-order valence-electron chi connectivity index (χ4n) is 3.91. The maximum absolute atomic E-state index is 12.2. The van der Waals surface area contributed by atoms with Crippen LogP contribution in [0.3, 0.4) is 0 Å². The molecule has 0 aliphatic carbocycles. The molecule has 0 saturated carbocycles. The van der Waals surface area contributed by atoms with Crippen molar-refractivity contribution in [2.45, 2.75) is 102 Å². The Morgan fingerprint density at radius 1 is 1.15 bits per heavy atom. The Morgan fingerprint density at radius 2 is 1.85 bits per heavy atom. The molecule has 0 bridgehead atoms. The van der Waals surface area contributed by atoms with Crippen molar-refractivity contribution < 1.29 is 28.2 Å². The van der Waals surface area contributed by atoms with E-state index in [1.165, 1.54) is 0 Å². The van der Waals surface area contributed by atoms with Gasteiger partial charge in [0.05, 0.1) is 19.1 Å². The normalized spacial score (nSPS) is 41.5. The molecule has 1 amide bonds. The van der Waals surface area contributed by atoms with Crippen LogP contribution >= 0.6 is 0 Å². The third-order valence-corrected chi connectivity index (χ3v) is 10.9. The summed E-state index contributed by atoms with van der Waals surface area (Å²) in [5, 5.41) is 0.110. The number of β-lactam (4-membered cyclic amide) rings is 1. The van der Waals surface area contributed by atoms with Crippen LogP contribution in [0, 0.1) is 0 Å². The Labute approximate surface area is 156 Å². The lowest BCUT2D eigenvalue weighted by atomic mass is 9.94. The zero-order valence-corrected chi connectivity index (χ0v) is 17.8. The number of hydrogen-bond donors (Lipinski definition) is 0. The summed E-state index contributed by atoms with van der Waals surface area (Å²) in [6.07, 6.45) is -1.02. The summed E-state index contributed by atoms with van der Waals surface area (Å²) in [6.45, 7) is 15.3. The first-order valence-electron chi connectivity index (χ1n) is 9.51. The van der Waals surface area contributed by atoms with E-state index in [0.717, 1.165) is 0 Å². The molecular formula is C18H31NO6Si. The monoisotopic (exact) mass is 385 g/mol. The smallest absolute Gasteiger partial charge is 0.229 e. The Hall–Kier alpha value is -0.513. The summed E-state index contributed by atoms with van der Waals surface area (Å²) in [4.78, 5) is 14.0. The average molecular weight is 386 g/mol. The highest BCUT2D eigenvalue weighted by Crippen LogP contribution is 2.46. The molecule has 6 atom stereocenters. The molecule has 4 aliphatic heterocycles. The number of hydrogen-bond acceptors (Lipinski definition) is 6. The van der Waals surface area contributed by atoms with E-state index in [9.17, 15) is 4.79 Å². The van der Waals surface area contributed by atoms with Gasteiger partial charge in [-0.15, -0.1) is 0 Å². The van der Waals surface area contributed by atoms with E-state index >= 15 is 0 Å². The van der Waals surface area contributed by atoms with Crippen LogP contribution in [-0.4, -0.2) is 68.4 Å². The minimum Gasteiger partial charge on any atom is -0.415 e. The van der Waals surface area contributed by atoms with Gasteiger partial charge in [0.15, 0.2) is 20.4 Å². The van der Waals surface area contributed by atoms with E-state index in [-0.39, 0.29) is 41.5 Å². The number of rotatable bonds is 3. The largest absolute Gasteiger partial charge is 0.415 e. The average Bonchev–Trinajstić information content (AvgIpc) is 2.94. The molecule has 26 heavy (non-hydrogen) atoms.